The van der Waals surface area contributed by atoms with E-state index in [4.69, 9.17) is 21.7 Å². The molecule has 1 aromatic heterocycles. The summed E-state index contributed by atoms with van der Waals surface area (Å²) in [5.74, 6) is 0.346. The second-order valence-corrected chi connectivity index (χ2v) is 8.24. The van der Waals surface area contributed by atoms with Gasteiger partial charge in [-0.25, -0.2) is 0 Å². The molecule has 0 bridgehead atoms. The highest BCUT2D eigenvalue weighted by molar-refractivity contribution is 8.15. The van der Waals surface area contributed by atoms with Crippen LogP contribution in [0, 0.1) is 0 Å². The second-order valence-electron chi connectivity index (χ2n) is 5.63. The summed E-state index contributed by atoms with van der Waals surface area (Å²) < 4.78 is 10.8. The molecular weight excluding hydrogens is 444 g/mol. The summed E-state index contributed by atoms with van der Waals surface area (Å²) in [4.78, 5) is 23.8. The van der Waals surface area contributed by atoms with E-state index in [1.165, 1.54) is 18.3 Å². The largest absolute Gasteiger partial charge is 0.495 e. The Hall–Kier alpha value is -3.02. The van der Waals surface area contributed by atoms with Gasteiger partial charge in [-0.05, 0) is 48.2 Å². The molecule has 0 amide bonds. The van der Waals surface area contributed by atoms with Gasteiger partial charge in [0.15, 0.2) is 9.45 Å². The molecule has 8 nitrogen and oxygen atoms in total. The summed E-state index contributed by atoms with van der Waals surface area (Å²) in [6, 6.07) is 13.9. The van der Waals surface area contributed by atoms with Crippen LogP contribution in [0.5, 0.6) is 11.5 Å². The summed E-state index contributed by atoms with van der Waals surface area (Å²) in [6.07, 6.45) is 0. The SMILES string of the molecule is COc1ccccc1NC(=S)Nc1nnc(SC(=O)c2ccccc2OC(C)=O)s1. The van der Waals surface area contributed by atoms with Crippen LogP contribution < -0.4 is 20.1 Å². The Bertz CT molecular complexity index is 1090. The third-order valence-corrected chi connectivity index (χ3v) is 5.52. The number of nitrogens with zero attached hydrogens (tertiary/aromatic N) is 2. The summed E-state index contributed by atoms with van der Waals surface area (Å²) in [5, 5.41) is 14.4. The monoisotopic (exact) mass is 460 g/mol. The maximum Gasteiger partial charge on any atom is 0.308 e. The number of esters is 1. The number of carbonyl (C=O) groups excluding carboxylic acids is 2. The van der Waals surface area contributed by atoms with Crippen LogP contribution in [0.1, 0.15) is 17.3 Å². The molecule has 154 valence electrons. The number of ether oxygens (including phenoxy) is 2. The van der Waals surface area contributed by atoms with E-state index < -0.39 is 5.97 Å². The van der Waals surface area contributed by atoms with E-state index in [9.17, 15) is 9.59 Å². The molecule has 0 fully saturated rings. The molecule has 1 heterocycles. The number of hydrogen-bond acceptors (Lipinski definition) is 9. The first-order valence-corrected chi connectivity index (χ1v) is 10.5. The zero-order chi connectivity index (χ0) is 21.5. The number of benzene rings is 2. The second kappa shape index (κ2) is 10.1. The average Bonchev–Trinajstić information content (AvgIpc) is 3.14. The van der Waals surface area contributed by atoms with Crippen molar-refractivity contribution >= 4 is 62.3 Å². The number of carbonyl (C=O) groups is 2. The van der Waals surface area contributed by atoms with E-state index in [0.717, 1.165) is 11.8 Å². The molecule has 0 aliphatic heterocycles. The number of rotatable bonds is 6. The quantitative estimate of drug-likeness (QED) is 0.241. The van der Waals surface area contributed by atoms with E-state index in [0.29, 0.717) is 26.0 Å². The van der Waals surface area contributed by atoms with Gasteiger partial charge in [0.2, 0.25) is 10.2 Å². The molecule has 30 heavy (non-hydrogen) atoms. The number of para-hydroxylation sites is 3. The summed E-state index contributed by atoms with van der Waals surface area (Å²) >= 11 is 7.35. The molecule has 0 saturated heterocycles. The Morgan fingerprint density at radius 3 is 2.47 bits per heavy atom. The van der Waals surface area contributed by atoms with Gasteiger partial charge in [0.1, 0.15) is 11.5 Å². The van der Waals surface area contributed by atoms with Gasteiger partial charge in [-0.2, -0.15) is 0 Å². The fourth-order valence-electron chi connectivity index (χ4n) is 2.31. The van der Waals surface area contributed by atoms with Crippen molar-refractivity contribution in [2.75, 3.05) is 17.7 Å². The van der Waals surface area contributed by atoms with Crippen molar-refractivity contribution in [2.24, 2.45) is 0 Å². The van der Waals surface area contributed by atoms with Gasteiger partial charge in [0.05, 0.1) is 18.4 Å². The van der Waals surface area contributed by atoms with E-state index in [1.807, 2.05) is 24.3 Å². The minimum Gasteiger partial charge on any atom is -0.495 e. The van der Waals surface area contributed by atoms with Crippen LogP contribution in [0.15, 0.2) is 52.9 Å². The Morgan fingerprint density at radius 2 is 1.73 bits per heavy atom. The number of thioether (sulfide) groups is 1. The molecule has 0 aliphatic rings. The summed E-state index contributed by atoms with van der Waals surface area (Å²) in [5.41, 5.74) is 0.977. The minimum atomic E-state index is -0.501. The maximum absolute atomic E-state index is 12.6. The van der Waals surface area contributed by atoms with Gasteiger partial charge in [-0.15, -0.1) is 10.2 Å². The van der Waals surface area contributed by atoms with Gasteiger partial charge >= 0.3 is 5.97 Å². The Morgan fingerprint density at radius 1 is 1.03 bits per heavy atom. The minimum absolute atomic E-state index is 0.201. The molecule has 0 unspecified atom stereocenters. The molecule has 0 aliphatic carbocycles. The highest BCUT2D eigenvalue weighted by atomic mass is 32.2. The third kappa shape index (κ3) is 5.75. The molecule has 3 aromatic rings. The summed E-state index contributed by atoms with van der Waals surface area (Å²) in [7, 11) is 1.57. The predicted octanol–water partition coefficient (Wildman–Crippen LogP) is 4.21. The van der Waals surface area contributed by atoms with Crippen molar-refractivity contribution in [3.8, 4) is 11.5 Å². The molecule has 3 rings (SSSR count). The van der Waals surface area contributed by atoms with E-state index in [-0.39, 0.29) is 16.4 Å². The number of nitrogens with one attached hydrogen (secondary N) is 2. The van der Waals surface area contributed by atoms with Crippen molar-refractivity contribution < 1.29 is 19.1 Å². The number of thiocarbonyl (C=S) groups is 1. The number of aromatic nitrogens is 2. The van der Waals surface area contributed by atoms with E-state index >= 15 is 0 Å². The Balaban J connectivity index is 1.63. The molecule has 0 spiro atoms. The fraction of sp³-hybridized carbons (Fsp3) is 0.105. The zero-order valence-corrected chi connectivity index (χ0v) is 18.3. The summed E-state index contributed by atoms with van der Waals surface area (Å²) in [6.45, 7) is 1.28. The van der Waals surface area contributed by atoms with Crippen molar-refractivity contribution in [2.45, 2.75) is 11.3 Å². The molecule has 2 aromatic carbocycles. The first-order valence-electron chi connectivity index (χ1n) is 8.50. The first-order chi connectivity index (χ1) is 14.5. The third-order valence-electron chi connectivity index (χ3n) is 3.52. The smallest absolute Gasteiger partial charge is 0.308 e. The predicted molar refractivity (Wildman–Crippen MR) is 121 cm³/mol. The highest BCUT2D eigenvalue weighted by Gasteiger charge is 2.18. The van der Waals surface area contributed by atoms with Crippen LogP contribution in [0.4, 0.5) is 10.8 Å². The lowest BCUT2D eigenvalue weighted by Gasteiger charge is -2.11. The van der Waals surface area contributed by atoms with Crippen LogP contribution in [-0.2, 0) is 4.79 Å². The van der Waals surface area contributed by atoms with Crippen molar-refractivity contribution in [3.63, 3.8) is 0 Å². The standard InChI is InChI=1S/C19H16N4O4S3/c1-11(24)27-14-9-5-3-7-12(14)16(25)29-19-23-22-18(30-19)21-17(28)20-13-8-4-6-10-15(13)26-2/h3-10H,1-2H3,(H2,20,21,22,28). The molecule has 0 radical (unpaired) electrons. The van der Waals surface area contributed by atoms with Gasteiger partial charge in [-0.1, -0.05) is 35.6 Å². The topological polar surface area (TPSA) is 102 Å². The lowest BCUT2D eigenvalue weighted by atomic mass is 10.2. The number of anilines is 2. The van der Waals surface area contributed by atoms with Crippen LogP contribution in [-0.4, -0.2) is 33.5 Å². The zero-order valence-electron chi connectivity index (χ0n) is 15.9. The van der Waals surface area contributed by atoms with Crippen molar-refractivity contribution in [1.82, 2.24) is 10.2 Å². The van der Waals surface area contributed by atoms with E-state index in [2.05, 4.69) is 20.8 Å². The Kier molecular flexibility index (Phi) is 7.33. The average molecular weight is 461 g/mol. The number of methoxy groups -OCH3 is 1. The van der Waals surface area contributed by atoms with Gasteiger partial charge in [-0.3, -0.25) is 9.59 Å². The number of hydrogen-bond donors (Lipinski definition) is 2. The normalized spacial score (nSPS) is 10.2. The lowest BCUT2D eigenvalue weighted by Crippen LogP contribution is -2.19. The molecule has 0 saturated carbocycles. The molecule has 0 atom stereocenters. The highest BCUT2D eigenvalue weighted by Crippen LogP contribution is 2.31. The van der Waals surface area contributed by atoms with E-state index in [1.54, 1.807) is 31.4 Å². The van der Waals surface area contributed by atoms with Crippen molar-refractivity contribution in [3.05, 3.63) is 54.1 Å². The molecule has 11 heteroatoms. The van der Waals surface area contributed by atoms with Gasteiger partial charge in [0, 0.05) is 6.92 Å². The first kappa shape index (κ1) is 21.7. The van der Waals surface area contributed by atoms with Crippen LogP contribution in [0.25, 0.3) is 0 Å². The lowest BCUT2D eigenvalue weighted by molar-refractivity contribution is -0.131. The molecular formula is C19H16N4O4S3. The molecule has 2 N–H and O–H groups in total. The Labute approximate surface area is 186 Å². The van der Waals surface area contributed by atoms with Crippen LogP contribution in [0.2, 0.25) is 0 Å². The maximum atomic E-state index is 12.6. The fourth-order valence-corrected chi connectivity index (χ4v) is 4.22. The van der Waals surface area contributed by atoms with Crippen LogP contribution in [0.3, 0.4) is 0 Å². The van der Waals surface area contributed by atoms with Crippen molar-refractivity contribution in [1.29, 1.82) is 0 Å². The van der Waals surface area contributed by atoms with Crippen LogP contribution >= 0.6 is 35.3 Å². The van der Waals surface area contributed by atoms with Gasteiger partial charge < -0.3 is 20.1 Å². The van der Waals surface area contributed by atoms with Gasteiger partial charge in [0.25, 0.3) is 0 Å².